The van der Waals surface area contributed by atoms with Gasteiger partial charge in [0.05, 0.1) is 0 Å². The van der Waals surface area contributed by atoms with Crippen molar-refractivity contribution in [3.63, 3.8) is 0 Å². The van der Waals surface area contributed by atoms with Crippen molar-refractivity contribution in [2.45, 2.75) is 57.2 Å². The first-order valence-electron chi connectivity index (χ1n) is 7.65. The number of hydrogen-bond donors (Lipinski definition) is 1. The van der Waals surface area contributed by atoms with Crippen molar-refractivity contribution < 1.29 is 0 Å². The molecule has 20 heavy (non-hydrogen) atoms. The van der Waals surface area contributed by atoms with E-state index in [4.69, 9.17) is 23.2 Å². The lowest BCUT2D eigenvalue weighted by atomic mass is 9.96. The van der Waals surface area contributed by atoms with Crippen LogP contribution in [0.3, 0.4) is 0 Å². The van der Waals surface area contributed by atoms with Gasteiger partial charge in [-0.05, 0) is 56.8 Å². The van der Waals surface area contributed by atoms with Crippen molar-refractivity contribution >= 4 is 28.9 Å². The Balaban J connectivity index is 1.76. The summed E-state index contributed by atoms with van der Waals surface area (Å²) in [6.45, 7) is 3.36. The highest BCUT2D eigenvalue weighted by Crippen LogP contribution is 2.40. The van der Waals surface area contributed by atoms with Crippen LogP contribution in [0.4, 0.5) is 5.69 Å². The second-order valence-corrected chi connectivity index (χ2v) is 6.92. The highest BCUT2D eigenvalue weighted by atomic mass is 35.5. The third-order valence-electron chi connectivity index (χ3n) is 4.56. The van der Waals surface area contributed by atoms with Gasteiger partial charge < -0.3 is 10.2 Å². The molecule has 4 heteroatoms. The fraction of sp³-hybridized carbons (Fsp3) is 0.625. The highest BCUT2D eigenvalue weighted by Gasteiger charge is 2.40. The van der Waals surface area contributed by atoms with E-state index in [1.165, 1.54) is 37.8 Å². The normalized spacial score (nSPS) is 28.9. The van der Waals surface area contributed by atoms with E-state index in [1.807, 2.05) is 6.07 Å². The van der Waals surface area contributed by atoms with Crippen LogP contribution in [0.1, 0.15) is 39.0 Å². The van der Waals surface area contributed by atoms with Crippen LogP contribution < -0.4 is 10.2 Å². The topological polar surface area (TPSA) is 15.3 Å². The van der Waals surface area contributed by atoms with E-state index in [2.05, 4.69) is 29.3 Å². The Morgan fingerprint density at radius 2 is 1.70 bits per heavy atom. The molecule has 0 radical (unpaired) electrons. The van der Waals surface area contributed by atoms with Gasteiger partial charge in [-0.2, -0.15) is 0 Å². The molecule has 2 heterocycles. The van der Waals surface area contributed by atoms with E-state index in [0.717, 1.165) is 16.6 Å². The molecule has 0 saturated carbocycles. The van der Waals surface area contributed by atoms with Crippen molar-refractivity contribution in [1.82, 2.24) is 5.32 Å². The van der Waals surface area contributed by atoms with Crippen LogP contribution in [0.2, 0.25) is 10.0 Å². The lowest BCUT2D eigenvalue weighted by Crippen LogP contribution is -2.49. The van der Waals surface area contributed by atoms with Crippen LogP contribution in [-0.2, 0) is 0 Å². The molecule has 2 aliphatic heterocycles. The predicted octanol–water partition coefficient (Wildman–Crippen LogP) is 4.49. The number of nitrogens with one attached hydrogen (secondary N) is 1. The number of piperidine rings is 1. The predicted molar refractivity (Wildman–Crippen MR) is 87.1 cm³/mol. The molecule has 0 aromatic heterocycles. The number of benzene rings is 1. The molecule has 1 aromatic rings. The molecular weight excluding hydrogens is 291 g/mol. The largest absolute Gasteiger partial charge is 0.365 e. The molecular formula is C16H22Cl2N2. The Kier molecular flexibility index (Phi) is 4.44. The fourth-order valence-electron chi connectivity index (χ4n) is 3.80. The summed E-state index contributed by atoms with van der Waals surface area (Å²) in [5.74, 6) is 0. The van der Waals surface area contributed by atoms with E-state index < -0.39 is 0 Å². The Labute approximate surface area is 131 Å². The van der Waals surface area contributed by atoms with Crippen LogP contribution in [0.5, 0.6) is 0 Å². The van der Waals surface area contributed by atoms with Gasteiger partial charge in [-0.1, -0.05) is 30.1 Å². The van der Waals surface area contributed by atoms with E-state index in [9.17, 15) is 0 Å². The average Bonchev–Trinajstić information content (AvgIpc) is 2.67. The summed E-state index contributed by atoms with van der Waals surface area (Å²) in [6.07, 6.45) is 6.26. The zero-order valence-electron chi connectivity index (χ0n) is 11.9. The Bertz CT molecular complexity index is 443. The molecule has 2 nitrogen and oxygen atoms in total. The number of anilines is 1. The number of nitrogens with zero attached hydrogens (tertiary/aromatic N) is 1. The van der Waals surface area contributed by atoms with Gasteiger partial charge in [-0.15, -0.1) is 0 Å². The van der Waals surface area contributed by atoms with Gasteiger partial charge in [0.1, 0.15) is 0 Å². The first-order chi connectivity index (χ1) is 9.67. The van der Waals surface area contributed by atoms with Crippen LogP contribution in [-0.4, -0.2) is 24.7 Å². The van der Waals surface area contributed by atoms with E-state index in [1.54, 1.807) is 0 Å². The van der Waals surface area contributed by atoms with Crippen molar-refractivity contribution in [2.24, 2.45) is 0 Å². The monoisotopic (exact) mass is 312 g/mol. The molecule has 0 amide bonds. The summed E-state index contributed by atoms with van der Waals surface area (Å²) >= 11 is 12.3. The van der Waals surface area contributed by atoms with Crippen LogP contribution in [0.25, 0.3) is 0 Å². The first-order valence-corrected chi connectivity index (χ1v) is 8.40. The summed E-state index contributed by atoms with van der Waals surface area (Å²) in [5, 5.41) is 5.16. The average molecular weight is 313 g/mol. The van der Waals surface area contributed by atoms with Gasteiger partial charge in [-0.3, -0.25) is 0 Å². The van der Waals surface area contributed by atoms with Gasteiger partial charge in [-0.25, -0.2) is 0 Å². The van der Waals surface area contributed by atoms with Crippen LogP contribution in [0.15, 0.2) is 18.2 Å². The number of halogens is 2. The summed E-state index contributed by atoms with van der Waals surface area (Å²) in [4.78, 5) is 2.56. The summed E-state index contributed by atoms with van der Waals surface area (Å²) in [5.41, 5.74) is 1.20. The molecule has 2 fully saturated rings. The minimum atomic E-state index is 0.637. The smallest absolute Gasteiger partial charge is 0.0441 e. The molecule has 2 unspecified atom stereocenters. The Morgan fingerprint density at radius 3 is 2.25 bits per heavy atom. The Hall–Kier alpha value is -0.440. The third-order valence-corrected chi connectivity index (χ3v) is 5.00. The van der Waals surface area contributed by atoms with Gasteiger partial charge in [0, 0.05) is 33.9 Å². The highest BCUT2D eigenvalue weighted by molar-refractivity contribution is 6.35. The second-order valence-electron chi connectivity index (χ2n) is 6.04. The van der Waals surface area contributed by atoms with Crippen molar-refractivity contribution in [1.29, 1.82) is 0 Å². The number of rotatable bonds is 4. The van der Waals surface area contributed by atoms with Crippen LogP contribution >= 0.6 is 23.2 Å². The van der Waals surface area contributed by atoms with E-state index in [0.29, 0.717) is 18.1 Å². The van der Waals surface area contributed by atoms with Crippen molar-refractivity contribution in [2.75, 3.05) is 11.4 Å². The third kappa shape index (κ3) is 2.93. The van der Waals surface area contributed by atoms with E-state index in [-0.39, 0.29) is 0 Å². The van der Waals surface area contributed by atoms with E-state index >= 15 is 0 Å². The lowest BCUT2D eigenvalue weighted by molar-refractivity contribution is 0.357. The summed E-state index contributed by atoms with van der Waals surface area (Å²) in [7, 11) is 0. The molecule has 3 rings (SSSR count). The maximum Gasteiger partial charge on any atom is 0.0441 e. The summed E-state index contributed by atoms with van der Waals surface area (Å²) < 4.78 is 0. The zero-order chi connectivity index (χ0) is 14.1. The minimum absolute atomic E-state index is 0.637. The molecule has 2 saturated heterocycles. The molecule has 110 valence electrons. The molecule has 0 spiro atoms. The minimum Gasteiger partial charge on any atom is -0.365 e. The molecule has 2 atom stereocenters. The fourth-order valence-corrected chi connectivity index (χ4v) is 4.32. The SMILES string of the molecule is CCCNC1CC2CCC(C1)N2c1cc(Cl)cc(Cl)c1. The van der Waals surface area contributed by atoms with Crippen LogP contribution in [0, 0.1) is 0 Å². The van der Waals surface area contributed by atoms with Gasteiger partial charge >= 0.3 is 0 Å². The maximum absolute atomic E-state index is 6.16. The van der Waals surface area contributed by atoms with Gasteiger partial charge in [0.25, 0.3) is 0 Å². The Morgan fingerprint density at radius 1 is 1.10 bits per heavy atom. The molecule has 0 aliphatic carbocycles. The first kappa shape index (κ1) is 14.5. The maximum atomic E-state index is 6.16. The number of hydrogen-bond acceptors (Lipinski definition) is 2. The molecule has 1 aromatic carbocycles. The zero-order valence-corrected chi connectivity index (χ0v) is 13.4. The van der Waals surface area contributed by atoms with Gasteiger partial charge in [0.2, 0.25) is 0 Å². The lowest BCUT2D eigenvalue weighted by Gasteiger charge is -2.41. The molecule has 1 N–H and O–H groups in total. The molecule has 2 bridgehead atoms. The standard InChI is InChI=1S/C16H22Cl2N2/c1-2-5-19-13-9-14-3-4-15(10-13)20(14)16-7-11(17)6-12(18)8-16/h6-8,13-15,19H,2-5,9-10H2,1H3. The molecule has 2 aliphatic rings. The van der Waals surface area contributed by atoms with Crippen molar-refractivity contribution in [3.05, 3.63) is 28.2 Å². The number of fused-ring (bicyclic) bond motifs is 2. The summed E-state index contributed by atoms with van der Waals surface area (Å²) in [6, 6.07) is 7.87. The second kappa shape index (κ2) is 6.13. The van der Waals surface area contributed by atoms with Gasteiger partial charge in [0.15, 0.2) is 0 Å². The van der Waals surface area contributed by atoms with Crippen molar-refractivity contribution in [3.8, 4) is 0 Å². The quantitative estimate of drug-likeness (QED) is 0.881.